The number of nitrogens with two attached hydrogens (primary N) is 2. The van der Waals surface area contributed by atoms with Crippen molar-refractivity contribution in [3.05, 3.63) is 0 Å². The van der Waals surface area contributed by atoms with Crippen LogP contribution in [0.3, 0.4) is 0 Å². The first-order valence-corrected chi connectivity index (χ1v) is 3.11. The Labute approximate surface area is 58.3 Å². The fraction of sp³-hybridized carbons (Fsp3) is 1.00. The lowest BCUT2D eigenvalue weighted by molar-refractivity contribution is 0.0297. The van der Waals surface area contributed by atoms with Gasteiger partial charge in [0, 0.05) is 0 Å². The van der Waals surface area contributed by atoms with Crippen LogP contribution >= 0.6 is 0 Å². The van der Waals surface area contributed by atoms with Crippen LogP contribution in [0.5, 0.6) is 0 Å². The van der Waals surface area contributed by atoms with E-state index in [2.05, 4.69) is 0 Å². The van der Waals surface area contributed by atoms with Crippen LogP contribution in [-0.2, 0) is 0 Å². The van der Waals surface area contributed by atoms with Gasteiger partial charge in [0.1, 0.15) is 0 Å². The van der Waals surface area contributed by atoms with Crippen molar-refractivity contribution >= 4 is 0 Å². The SMILES string of the molecule is NC1C(O)C(N)C(O)C1O. The number of aliphatic hydroxyl groups is 3. The minimum Gasteiger partial charge on any atom is -0.390 e. The van der Waals surface area contributed by atoms with Crippen LogP contribution in [0.25, 0.3) is 0 Å². The maximum absolute atomic E-state index is 9.04. The molecule has 0 bridgehead atoms. The van der Waals surface area contributed by atoms with E-state index < -0.39 is 30.4 Å². The summed E-state index contributed by atoms with van der Waals surface area (Å²) in [7, 11) is 0. The molecule has 1 rings (SSSR count). The molecular weight excluding hydrogens is 136 g/mol. The van der Waals surface area contributed by atoms with E-state index in [0.29, 0.717) is 0 Å². The molecule has 7 N–H and O–H groups in total. The lowest BCUT2D eigenvalue weighted by Crippen LogP contribution is -2.42. The van der Waals surface area contributed by atoms with E-state index in [4.69, 9.17) is 26.8 Å². The zero-order valence-corrected chi connectivity index (χ0v) is 5.38. The summed E-state index contributed by atoms with van der Waals surface area (Å²) in [6.45, 7) is 0. The van der Waals surface area contributed by atoms with Crippen molar-refractivity contribution in [2.75, 3.05) is 0 Å². The van der Waals surface area contributed by atoms with Gasteiger partial charge in [0.2, 0.25) is 0 Å². The van der Waals surface area contributed by atoms with Gasteiger partial charge in [-0.15, -0.1) is 0 Å². The Balaban J connectivity index is 2.68. The summed E-state index contributed by atoms with van der Waals surface area (Å²) in [6, 6.07) is -1.66. The van der Waals surface area contributed by atoms with Crippen molar-refractivity contribution in [3.63, 3.8) is 0 Å². The van der Waals surface area contributed by atoms with Gasteiger partial charge in [-0.2, -0.15) is 0 Å². The van der Waals surface area contributed by atoms with Gasteiger partial charge in [0.05, 0.1) is 30.4 Å². The minimum absolute atomic E-state index is 0.829. The molecule has 10 heavy (non-hydrogen) atoms. The van der Waals surface area contributed by atoms with Crippen molar-refractivity contribution in [1.29, 1.82) is 0 Å². The highest BCUT2D eigenvalue weighted by atomic mass is 16.3. The Morgan fingerprint density at radius 3 is 1.10 bits per heavy atom. The first-order valence-electron chi connectivity index (χ1n) is 3.11. The van der Waals surface area contributed by atoms with Crippen molar-refractivity contribution < 1.29 is 15.3 Å². The minimum atomic E-state index is -1.11. The molecule has 0 heterocycles. The largest absolute Gasteiger partial charge is 0.390 e. The zero-order chi connectivity index (χ0) is 7.89. The average Bonchev–Trinajstić information content (AvgIpc) is 2.07. The summed E-state index contributed by atoms with van der Waals surface area (Å²) in [5.41, 5.74) is 10.5. The molecule has 0 radical (unpaired) electrons. The molecule has 0 aromatic rings. The summed E-state index contributed by atoms with van der Waals surface area (Å²) >= 11 is 0. The monoisotopic (exact) mass is 148 g/mol. The van der Waals surface area contributed by atoms with Gasteiger partial charge in [-0.25, -0.2) is 0 Å². The third-order valence-corrected chi connectivity index (χ3v) is 1.93. The molecule has 0 aliphatic heterocycles. The molecule has 0 aromatic carbocycles. The maximum atomic E-state index is 9.04. The highest BCUT2D eigenvalue weighted by Crippen LogP contribution is 2.17. The third-order valence-electron chi connectivity index (χ3n) is 1.93. The predicted octanol–water partition coefficient (Wildman–Crippen LogP) is -3.26. The topological polar surface area (TPSA) is 113 Å². The first-order chi connectivity index (χ1) is 4.55. The van der Waals surface area contributed by atoms with Crippen LogP contribution in [0.15, 0.2) is 0 Å². The van der Waals surface area contributed by atoms with Crippen LogP contribution in [0.1, 0.15) is 0 Å². The second-order valence-corrected chi connectivity index (χ2v) is 2.63. The number of hydrogen-bond acceptors (Lipinski definition) is 5. The smallest absolute Gasteiger partial charge is 0.0991 e. The quantitative estimate of drug-likeness (QED) is 0.247. The molecule has 5 nitrogen and oxygen atoms in total. The lowest BCUT2D eigenvalue weighted by atomic mass is 10.2. The molecule has 0 amide bonds. The van der Waals surface area contributed by atoms with Gasteiger partial charge < -0.3 is 26.8 Å². The van der Waals surface area contributed by atoms with Gasteiger partial charge in [-0.1, -0.05) is 0 Å². The Morgan fingerprint density at radius 2 is 1.00 bits per heavy atom. The molecule has 1 saturated carbocycles. The summed E-state index contributed by atoms with van der Waals surface area (Å²) in [5.74, 6) is 0. The normalized spacial score (nSPS) is 55.5. The van der Waals surface area contributed by atoms with Crippen molar-refractivity contribution in [1.82, 2.24) is 0 Å². The van der Waals surface area contributed by atoms with E-state index in [9.17, 15) is 0 Å². The van der Waals surface area contributed by atoms with Crippen LogP contribution in [0, 0.1) is 0 Å². The molecule has 60 valence electrons. The summed E-state index contributed by atoms with van der Waals surface area (Å²) < 4.78 is 0. The Kier molecular flexibility index (Phi) is 1.93. The molecule has 5 heteroatoms. The van der Waals surface area contributed by atoms with Crippen molar-refractivity contribution in [2.45, 2.75) is 30.4 Å². The van der Waals surface area contributed by atoms with Crippen LogP contribution in [0.4, 0.5) is 0 Å². The molecule has 1 aliphatic rings. The van der Waals surface area contributed by atoms with Crippen LogP contribution in [0.2, 0.25) is 0 Å². The second kappa shape index (κ2) is 2.44. The van der Waals surface area contributed by atoms with Crippen molar-refractivity contribution in [2.24, 2.45) is 11.5 Å². The van der Waals surface area contributed by atoms with Gasteiger partial charge >= 0.3 is 0 Å². The lowest BCUT2D eigenvalue weighted by Gasteiger charge is -2.11. The fourth-order valence-electron chi connectivity index (χ4n) is 1.12. The molecule has 1 fully saturated rings. The molecular formula is C5H12N2O3. The fourth-order valence-corrected chi connectivity index (χ4v) is 1.12. The van der Waals surface area contributed by atoms with Gasteiger partial charge in [-0.05, 0) is 0 Å². The zero-order valence-electron chi connectivity index (χ0n) is 5.38. The van der Waals surface area contributed by atoms with E-state index in [1.165, 1.54) is 0 Å². The third kappa shape index (κ3) is 0.920. The number of rotatable bonds is 0. The Hall–Kier alpha value is -0.200. The molecule has 1 aliphatic carbocycles. The molecule has 4 unspecified atom stereocenters. The first kappa shape index (κ1) is 7.90. The van der Waals surface area contributed by atoms with E-state index >= 15 is 0 Å². The van der Waals surface area contributed by atoms with Crippen LogP contribution in [-0.4, -0.2) is 45.7 Å². The predicted molar refractivity (Wildman–Crippen MR) is 34.0 cm³/mol. The van der Waals surface area contributed by atoms with E-state index in [-0.39, 0.29) is 0 Å². The van der Waals surface area contributed by atoms with Crippen molar-refractivity contribution in [3.8, 4) is 0 Å². The Morgan fingerprint density at radius 1 is 0.700 bits per heavy atom. The van der Waals surface area contributed by atoms with E-state index in [1.807, 2.05) is 0 Å². The maximum Gasteiger partial charge on any atom is 0.0991 e. The summed E-state index contributed by atoms with van der Waals surface area (Å²) in [6.07, 6.45) is -3.22. The standard InChI is InChI=1S/C5H12N2O3/c6-1-3(8)2(7)5(10)4(1)9/h1-5,8-10H,6-7H2. The van der Waals surface area contributed by atoms with E-state index in [0.717, 1.165) is 0 Å². The van der Waals surface area contributed by atoms with Gasteiger partial charge in [-0.3, -0.25) is 0 Å². The molecule has 4 atom stereocenters. The highest BCUT2D eigenvalue weighted by molar-refractivity contribution is 5.02. The van der Waals surface area contributed by atoms with Gasteiger partial charge in [0.25, 0.3) is 0 Å². The molecule has 0 aromatic heterocycles. The number of aliphatic hydroxyl groups excluding tert-OH is 3. The molecule has 0 saturated heterocycles. The second-order valence-electron chi connectivity index (χ2n) is 2.63. The van der Waals surface area contributed by atoms with Gasteiger partial charge in [0.15, 0.2) is 0 Å². The average molecular weight is 148 g/mol. The van der Waals surface area contributed by atoms with E-state index in [1.54, 1.807) is 0 Å². The highest BCUT2D eigenvalue weighted by Gasteiger charge is 2.44. The summed E-state index contributed by atoms with van der Waals surface area (Å²) in [4.78, 5) is 0. The Bertz CT molecular complexity index is 87.2. The summed E-state index contributed by atoms with van der Waals surface area (Å²) in [5, 5.41) is 27.0. The van der Waals surface area contributed by atoms with Crippen LogP contribution < -0.4 is 11.5 Å². The molecule has 0 spiro atoms. The number of hydrogen-bond donors (Lipinski definition) is 5.